The first kappa shape index (κ1) is 24.2. The molecule has 0 unspecified atom stereocenters. The maximum atomic E-state index is 12.4. The zero-order valence-corrected chi connectivity index (χ0v) is 20.9. The molecule has 0 aliphatic carbocycles. The molecular formula is C30H28N2O6. The van der Waals surface area contributed by atoms with Crippen molar-refractivity contribution in [1.29, 1.82) is 0 Å². The Morgan fingerprint density at radius 3 is 2.26 bits per heavy atom. The van der Waals surface area contributed by atoms with Crippen molar-refractivity contribution >= 4 is 0 Å². The fourth-order valence-electron chi connectivity index (χ4n) is 5.36. The Morgan fingerprint density at radius 2 is 1.61 bits per heavy atom. The molecule has 3 heterocycles. The van der Waals surface area contributed by atoms with E-state index in [4.69, 9.17) is 14.2 Å². The number of aliphatic hydroxyl groups excluding tert-OH is 1. The SMILES string of the molecule is Cc1cn([C@H]2C[C@H](Cc3ccc4c(c3)OC(c3ccccc3)(c3ccccc3)O4)[C@@H](CO)O2)c(=O)[nH]c1=O. The lowest BCUT2D eigenvalue weighted by atomic mass is 9.92. The van der Waals surface area contributed by atoms with Gasteiger partial charge in [-0.1, -0.05) is 66.7 Å². The van der Waals surface area contributed by atoms with Crippen molar-refractivity contribution in [2.24, 2.45) is 5.92 Å². The molecule has 1 saturated heterocycles. The van der Waals surface area contributed by atoms with Crippen molar-refractivity contribution < 1.29 is 19.3 Å². The molecule has 3 atom stereocenters. The summed E-state index contributed by atoms with van der Waals surface area (Å²) in [4.78, 5) is 26.5. The molecule has 4 aromatic rings. The molecule has 8 heteroatoms. The maximum Gasteiger partial charge on any atom is 0.330 e. The number of hydrogen-bond acceptors (Lipinski definition) is 6. The van der Waals surface area contributed by atoms with Gasteiger partial charge >= 0.3 is 11.5 Å². The number of aromatic nitrogens is 2. The van der Waals surface area contributed by atoms with E-state index in [9.17, 15) is 14.7 Å². The van der Waals surface area contributed by atoms with Crippen molar-refractivity contribution in [2.75, 3.05) is 6.61 Å². The highest BCUT2D eigenvalue weighted by Gasteiger charge is 2.45. The quantitative estimate of drug-likeness (QED) is 0.409. The molecule has 8 nitrogen and oxygen atoms in total. The Labute approximate surface area is 219 Å². The van der Waals surface area contributed by atoms with Gasteiger partial charge in [0.1, 0.15) is 6.23 Å². The molecule has 2 N–H and O–H groups in total. The van der Waals surface area contributed by atoms with Crippen LogP contribution in [0.3, 0.4) is 0 Å². The van der Waals surface area contributed by atoms with Crippen LogP contribution in [0.1, 0.15) is 34.9 Å². The van der Waals surface area contributed by atoms with E-state index in [1.165, 1.54) is 10.8 Å². The van der Waals surface area contributed by atoms with Crippen LogP contribution in [-0.4, -0.2) is 27.4 Å². The highest BCUT2D eigenvalue weighted by atomic mass is 16.7. The van der Waals surface area contributed by atoms with Gasteiger partial charge in [0.2, 0.25) is 0 Å². The van der Waals surface area contributed by atoms with Crippen molar-refractivity contribution in [3.63, 3.8) is 0 Å². The van der Waals surface area contributed by atoms with Crippen LogP contribution >= 0.6 is 0 Å². The molecule has 0 spiro atoms. The fourth-order valence-corrected chi connectivity index (χ4v) is 5.36. The Balaban J connectivity index is 1.27. The average Bonchev–Trinajstić information content (AvgIpc) is 3.53. The van der Waals surface area contributed by atoms with Crippen LogP contribution in [0.5, 0.6) is 11.5 Å². The van der Waals surface area contributed by atoms with Crippen molar-refractivity contribution in [3.8, 4) is 11.5 Å². The van der Waals surface area contributed by atoms with E-state index >= 15 is 0 Å². The standard InChI is InChI=1S/C30H28N2O6/c1-19-17-32(29(35)31-28(19)34)27-16-21(26(18-33)36-27)14-20-12-13-24-25(15-20)38-30(37-24,22-8-4-2-5-9-22)23-10-6-3-7-11-23/h2-13,15,17,21,26-27,33H,14,16,18H2,1H3,(H,31,34,35)/t21-,26+,27+/m0/s1. The van der Waals surface area contributed by atoms with Crippen LogP contribution in [0.2, 0.25) is 0 Å². The van der Waals surface area contributed by atoms with E-state index < -0.39 is 29.4 Å². The van der Waals surface area contributed by atoms with Gasteiger partial charge in [-0.2, -0.15) is 0 Å². The second-order valence-corrected chi connectivity index (χ2v) is 9.82. The fraction of sp³-hybridized carbons (Fsp3) is 0.267. The van der Waals surface area contributed by atoms with Gasteiger partial charge < -0.3 is 19.3 Å². The number of benzene rings is 3. The number of aliphatic hydroxyl groups is 1. The van der Waals surface area contributed by atoms with Crippen LogP contribution in [0.4, 0.5) is 0 Å². The lowest BCUT2D eigenvalue weighted by Crippen LogP contribution is -2.36. The zero-order valence-electron chi connectivity index (χ0n) is 20.9. The molecule has 0 amide bonds. The molecule has 0 bridgehead atoms. The van der Waals surface area contributed by atoms with Crippen molar-refractivity contribution in [3.05, 3.63) is 128 Å². The lowest BCUT2D eigenvalue weighted by Gasteiger charge is -2.28. The molecule has 38 heavy (non-hydrogen) atoms. The van der Waals surface area contributed by atoms with Crippen LogP contribution in [0.25, 0.3) is 0 Å². The van der Waals surface area contributed by atoms with Crippen LogP contribution in [-0.2, 0) is 16.9 Å². The first-order valence-corrected chi connectivity index (χ1v) is 12.7. The molecule has 0 radical (unpaired) electrons. The summed E-state index contributed by atoms with van der Waals surface area (Å²) in [7, 11) is 0. The number of ether oxygens (including phenoxy) is 3. The van der Waals surface area contributed by atoms with Crippen LogP contribution < -0.4 is 20.7 Å². The largest absolute Gasteiger partial charge is 0.440 e. The Kier molecular flexibility index (Phi) is 6.13. The van der Waals surface area contributed by atoms with Crippen molar-refractivity contribution in [1.82, 2.24) is 9.55 Å². The number of fused-ring (bicyclic) bond motifs is 1. The normalized spacial score (nSPS) is 21.5. The van der Waals surface area contributed by atoms with Gasteiger partial charge in [0, 0.05) is 22.9 Å². The van der Waals surface area contributed by atoms with E-state index in [1.807, 2.05) is 78.9 Å². The molecule has 1 aromatic heterocycles. The predicted octanol–water partition coefficient (Wildman–Crippen LogP) is 3.66. The molecule has 1 fully saturated rings. The zero-order chi connectivity index (χ0) is 26.3. The molecule has 2 aliphatic rings. The number of aromatic amines is 1. The maximum absolute atomic E-state index is 12.4. The monoisotopic (exact) mass is 512 g/mol. The van der Waals surface area contributed by atoms with Gasteiger partial charge in [-0.3, -0.25) is 14.3 Å². The minimum atomic E-state index is -1.10. The van der Waals surface area contributed by atoms with Gasteiger partial charge in [0.15, 0.2) is 11.5 Å². The Hall–Kier alpha value is -4.14. The highest BCUT2D eigenvalue weighted by molar-refractivity contribution is 5.50. The molecule has 2 aliphatic heterocycles. The third kappa shape index (κ3) is 4.21. The van der Waals surface area contributed by atoms with Crippen LogP contribution in [0, 0.1) is 12.8 Å². The average molecular weight is 513 g/mol. The summed E-state index contributed by atoms with van der Waals surface area (Å²) in [6.45, 7) is 1.47. The lowest BCUT2D eigenvalue weighted by molar-refractivity contribution is -0.0459. The topological polar surface area (TPSA) is 103 Å². The van der Waals surface area contributed by atoms with Gasteiger partial charge in [-0.05, 0) is 43.4 Å². The molecule has 194 valence electrons. The van der Waals surface area contributed by atoms with Gasteiger partial charge in [0.05, 0.1) is 12.7 Å². The van der Waals surface area contributed by atoms with E-state index in [0.29, 0.717) is 29.9 Å². The second kappa shape index (κ2) is 9.63. The third-order valence-electron chi connectivity index (χ3n) is 7.32. The number of H-pyrrole nitrogens is 1. The van der Waals surface area contributed by atoms with E-state index in [0.717, 1.165) is 16.7 Å². The summed E-state index contributed by atoms with van der Waals surface area (Å²) >= 11 is 0. The number of nitrogens with zero attached hydrogens (tertiary/aromatic N) is 1. The van der Waals surface area contributed by atoms with E-state index in [-0.39, 0.29) is 12.5 Å². The van der Waals surface area contributed by atoms with Crippen LogP contribution in [0.15, 0.2) is 94.6 Å². The second-order valence-electron chi connectivity index (χ2n) is 9.82. The van der Waals surface area contributed by atoms with E-state index in [2.05, 4.69) is 4.98 Å². The Bertz CT molecular complexity index is 1520. The number of nitrogens with one attached hydrogen (secondary N) is 1. The molecule has 6 rings (SSSR count). The summed E-state index contributed by atoms with van der Waals surface area (Å²) in [6, 6.07) is 25.6. The Morgan fingerprint density at radius 1 is 0.947 bits per heavy atom. The highest BCUT2D eigenvalue weighted by Crippen LogP contribution is 2.48. The molecule has 0 saturated carbocycles. The number of rotatable bonds is 6. The van der Waals surface area contributed by atoms with Crippen molar-refractivity contribution in [2.45, 2.75) is 37.9 Å². The molecular weight excluding hydrogens is 484 g/mol. The first-order chi connectivity index (χ1) is 18.5. The summed E-state index contributed by atoms with van der Waals surface area (Å²) in [5.74, 6) is 0.147. The smallest absolute Gasteiger partial charge is 0.330 e. The first-order valence-electron chi connectivity index (χ1n) is 12.7. The summed E-state index contributed by atoms with van der Waals surface area (Å²) in [5.41, 5.74) is 2.26. The van der Waals surface area contributed by atoms with E-state index in [1.54, 1.807) is 6.92 Å². The van der Waals surface area contributed by atoms with Gasteiger partial charge in [-0.25, -0.2) is 4.79 Å². The third-order valence-corrected chi connectivity index (χ3v) is 7.32. The summed E-state index contributed by atoms with van der Waals surface area (Å²) in [5, 5.41) is 10.0. The van der Waals surface area contributed by atoms with Gasteiger partial charge in [0.25, 0.3) is 5.56 Å². The summed E-state index contributed by atoms with van der Waals surface area (Å²) in [6.07, 6.45) is 1.62. The summed E-state index contributed by atoms with van der Waals surface area (Å²) < 4.78 is 20.5. The molecule has 3 aromatic carbocycles. The van der Waals surface area contributed by atoms with Gasteiger partial charge in [-0.15, -0.1) is 0 Å². The minimum Gasteiger partial charge on any atom is -0.440 e. The number of hydrogen-bond donors (Lipinski definition) is 2. The number of aryl methyl sites for hydroxylation is 1. The predicted molar refractivity (Wildman–Crippen MR) is 140 cm³/mol. The minimum absolute atomic E-state index is 0.0440.